The van der Waals surface area contributed by atoms with E-state index in [1.807, 2.05) is 26.0 Å². The molecule has 1 aliphatic heterocycles. The first-order valence-electron chi connectivity index (χ1n) is 7.18. The van der Waals surface area contributed by atoms with Crippen LogP contribution in [0.3, 0.4) is 0 Å². The van der Waals surface area contributed by atoms with Gasteiger partial charge < -0.3 is 14.5 Å². The third-order valence-electron chi connectivity index (χ3n) is 3.89. The van der Waals surface area contributed by atoms with Crippen molar-refractivity contribution in [2.24, 2.45) is 5.92 Å². The zero-order chi connectivity index (χ0) is 14.8. The minimum Gasteiger partial charge on any atom is -0.480 e. The van der Waals surface area contributed by atoms with Crippen molar-refractivity contribution in [1.29, 1.82) is 0 Å². The third kappa shape index (κ3) is 3.06. The molecule has 1 saturated heterocycles. The van der Waals surface area contributed by atoms with E-state index in [-0.39, 0.29) is 6.10 Å². The normalized spacial score (nSPS) is 19.7. The van der Waals surface area contributed by atoms with Gasteiger partial charge in [-0.2, -0.15) is 0 Å². The average molecular weight is 307 g/mol. The van der Waals surface area contributed by atoms with Crippen molar-refractivity contribution in [3.8, 4) is 5.75 Å². The van der Waals surface area contributed by atoms with Gasteiger partial charge in [0.2, 0.25) is 5.89 Å². The molecule has 4 nitrogen and oxygen atoms in total. The molecule has 2 heterocycles. The molecule has 0 amide bonds. The Balaban J connectivity index is 1.91. The molecule has 1 fully saturated rings. The quantitative estimate of drug-likeness (QED) is 0.936. The number of aromatic nitrogens is 1. The van der Waals surface area contributed by atoms with E-state index >= 15 is 0 Å². The summed E-state index contributed by atoms with van der Waals surface area (Å²) < 4.78 is 11.8. The van der Waals surface area contributed by atoms with Gasteiger partial charge in [0.1, 0.15) is 12.0 Å². The number of hydrogen-bond acceptors (Lipinski definition) is 4. The highest BCUT2D eigenvalue weighted by atomic mass is 35.5. The van der Waals surface area contributed by atoms with Crippen molar-refractivity contribution in [2.75, 3.05) is 13.1 Å². The summed E-state index contributed by atoms with van der Waals surface area (Å²) in [5.74, 6) is 1.87. The summed E-state index contributed by atoms with van der Waals surface area (Å²) in [6.07, 6.45) is 4.14. The molecule has 1 aliphatic rings. The molecule has 1 aromatic carbocycles. The van der Waals surface area contributed by atoms with Crippen LogP contribution in [-0.4, -0.2) is 18.1 Å². The Morgan fingerprint density at radius 3 is 2.71 bits per heavy atom. The summed E-state index contributed by atoms with van der Waals surface area (Å²) in [7, 11) is 0. The lowest BCUT2D eigenvalue weighted by Gasteiger charge is -2.23. The topological polar surface area (TPSA) is 47.3 Å². The van der Waals surface area contributed by atoms with E-state index in [0.717, 1.165) is 41.4 Å². The molecule has 1 N–H and O–H groups in total. The van der Waals surface area contributed by atoms with Crippen LogP contribution in [0.25, 0.3) is 0 Å². The first kappa shape index (κ1) is 14.4. The molecular formula is C16H19ClN2O2. The van der Waals surface area contributed by atoms with Gasteiger partial charge >= 0.3 is 0 Å². The van der Waals surface area contributed by atoms with E-state index in [9.17, 15) is 0 Å². The highest BCUT2D eigenvalue weighted by Crippen LogP contribution is 2.35. The summed E-state index contributed by atoms with van der Waals surface area (Å²) in [5.41, 5.74) is 2.06. The molecule has 0 saturated carbocycles. The maximum Gasteiger partial charge on any atom is 0.235 e. The Hall–Kier alpha value is -1.52. The van der Waals surface area contributed by atoms with Crippen molar-refractivity contribution in [3.05, 3.63) is 46.6 Å². The smallest absolute Gasteiger partial charge is 0.235 e. The predicted molar refractivity (Wildman–Crippen MR) is 81.8 cm³/mol. The summed E-state index contributed by atoms with van der Waals surface area (Å²) in [6.45, 7) is 5.93. The molecule has 21 heavy (non-hydrogen) atoms. The number of nitrogens with one attached hydrogen (secondary N) is 1. The Kier molecular flexibility index (Phi) is 4.17. The second-order valence-electron chi connectivity index (χ2n) is 5.53. The fraction of sp³-hybridized carbons (Fsp3) is 0.438. The molecule has 1 unspecified atom stereocenters. The SMILES string of the molecule is Cc1cc(Cl)cc(C)c1OC(c1ncco1)[C@H]1CCNC1. The predicted octanol–water partition coefficient (Wildman–Crippen LogP) is 3.67. The fourth-order valence-corrected chi connectivity index (χ4v) is 3.20. The van der Waals surface area contributed by atoms with Crippen molar-refractivity contribution >= 4 is 11.6 Å². The highest BCUT2D eigenvalue weighted by molar-refractivity contribution is 6.30. The summed E-state index contributed by atoms with van der Waals surface area (Å²) in [6, 6.07) is 3.84. The number of benzene rings is 1. The molecule has 2 atom stereocenters. The fourth-order valence-electron chi connectivity index (χ4n) is 2.87. The van der Waals surface area contributed by atoms with E-state index in [2.05, 4.69) is 10.3 Å². The number of aryl methyl sites for hydroxylation is 2. The number of rotatable bonds is 4. The van der Waals surface area contributed by atoms with Gasteiger partial charge in [-0.1, -0.05) is 11.6 Å². The van der Waals surface area contributed by atoms with Crippen molar-refractivity contribution in [2.45, 2.75) is 26.4 Å². The average Bonchev–Trinajstić information content (AvgIpc) is 3.11. The van der Waals surface area contributed by atoms with Crippen LogP contribution in [0.15, 0.2) is 29.0 Å². The minimum atomic E-state index is -0.173. The van der Waals surface area contributed by atoms with Crippen LogP contribution in [0.5, 0.6) is 5.75 Å². The lowest BCUT2D eigenvalue weighted by Crippen LogP contribution is -2.22. The Labute approximate surface area is 129 Å². The molecule has 2 aromatic rings. The molecule has 112 valence electrons. The zero-order valence-electron chi connectivity index (χ0n) is 12.2. The van der Waals surface area contributed by atoms with Crippen LogP contribution in [0.1, 0.15) is 29.5 Å². The minimum absolute atomic E-state index is 0.173. The van der Waals surface area contributed by atoms with Crippen LogP contribution < -0.4 is 10.1 Å². The second kappa shape index (κ2) is 6.08. The van der Waals surface area contributed by atoms with Gasteiger partial charge in [0.15, 0.2) is 6.10 Å². The van der Waals surface area contributed by atoms with Crippen molar-refractivity contribution < 1.29 is 9.15 Å². The molecule has 0 aliphatic carbocycles. The van der Waals surface area contributed by atoms with Crippen molar-refractivity contribution in [3.63, 3.8) is 0 Å². The maximum absolute atomic E-state index is 6.30. The van der Waals surface area contributed by atoms with Crippen molar-refractivity contribution in [1.82, 2.24) is 10.3 Å². The van der Waals surface area contributed by atoms with Gasteiger partial charge in [0.05, 0.1) is 6.20 Å². The molecule has 1 aromatic heterocycles. The lowest BCUT2D eigenvalue weighted by molar-refractivity contribution is 0.112. The standard InChI is InChI=1S/C16H19ClN2O2/c1-10-7-13(17)8-11(2)14(10)21-15(12-3-4-18-9-12)16-19-5-6-20-16/h5-8,12,15,18H,3-4,9H2,1-2H3/t12-,15?/m0/s1. The largest absolute Gasteiger partial charge is 0.480 e. The molecule has 5 heteroatoms. The van der Waals surface area contributed by atoms with Gasteiger partial charge in [0.25, 0.3) is 0 Å². The van der Waals surface area contributed by atoms with E-state index in [0.29, 0.717) is 11.8 Å². The van der Waals surface area contributed by atoms with Crippen LogP contribution in [0.4, 0.5) is 0 Å². The maximum atomic E-state index is 6.30. The number of hydrogen-bond donors (Lipinski definition) is 1. The van der Waals surface area contributed by atoms with Gasteiger partial charge in [-0.25, -0.2) is 4.98 Å². The zero-order valence-corrected chi connectivity index (χ0v) is 13.0. The van der Waals surface area contributed by atoms with Gasteiger partial charge in [-0.05, 0) is 50.1 Å². The molecule has 0 bridgehead atoms. The second-order valence-corrected chi connectivity index (χ2v) is 5.97. The first-order chi connectivity index (χ1) is 10.1. The molecule has 3 rings (SSSR count). The van der Waals surface area contributed by atoms with Crippen LogP contribution in [-0.2, 0) is 0 Å². The monoisotopic (exact) mass is 306 g/mol. The first-order valence-corrected chi connectivity index (χ1v) is 7.56. The Morgan fingerprint density at radius 1 is 1.38 bits per heavy atom. The van der Waals surface area contributed by atoms with E-state index in [1.54, 1.807) is 12.5 Å². The van der Waals surface area contributed by atoms with E-state index in [4.69, 9.17) is 20.8 Å². The highest BCUT2D eigenvalue weighted by Gasteiger charge is 2.32. The Bertz CT molecular complexity index is 584. The van der Waals surface area contributed by atoms with Gasteiger partial charge in [-0.15, -0.1) is 0 Å². The number of halogens is 1. The third-order valence-corrected chi connectivity index (χ3v) is 4.11. The van der Waals surface area contributed by atoms with Crippen LogP contribution >= 0.6 is 11.6 Å². The number of oxazole rings is 1. The molecule has 0 spiro atoms. The number of ether oxygens (including phenoxy) is 1. The van der Waals surface area contributed by atoms with E-state index < -0.39 is 0 Å². The summed E-state index contributed by atoms with van der Waals surface area (Å²) in [4.78, 5) is 4.29. The Morgan fingerprint density at radius 2 is 2.14 bits per heavy atom. The summed E-state index contributed by atoms with van der Waals surface area (Å²) in [5, 5.41) is 4.10. The number of nitrogens with zero attached hydrogens (tertiary/aromatic N) is 1. The summed E-state index contributed by atoms with van der Waals surface area (Å²) >= 11 is 6.09. The van der Waals surface area contributed by atoms with E-state index in [1.165, 1.54) is 0 Å². The lowest BCUT2D eigenvalue weighted by atomic mass is 10.0. The van der Waals surface area contributed by atoms with Gasteiger partial charge in [0, 0.05) is 17.5 Å². The molecular weight excluding hydrogens is 288 g/mol. The van der Waals surface area contributed by atoms with Crippen LogP contribution in [0, 0.1) is 19.8 Å². The molecule has 0 radical (unpaired) electrons. The van der Waals surface area contributed by atoms with Gasteiger partial charge in [-0.3, -0.25) is 0 Å². The van der Waals surface area contributed by atoms with Crippen LogP contribution in [0.2, 0.25) is 5.02 Å².